The number of carboxylic acids is 1. The van der Waals surface area contributed by atoms with Crippen molar-refractivity contribution in [3.63, 3.8) is 0 Å². The maximum absolute atomic E-state index is 10.8. The fraction of sp³-hybridized carbons (Fsp3) is 0.500. The lowest BCUT2D eigenvalue weighted by atomic mass is 9.82. The van der Waals surface area contributed by atoms with Crippen LogP contribution in [0.15, 0.2) is 24.3 Å². The van der Waals surface area contributed by atoms with Gasteiger partial charge in [-0.2, -0.15) is 0 Å². The molecule has 0 fully saturated rings. The molecule has 3 N–H and O–H groups in total. The van der Waals surface area contributed by atoms with Crippen LogP contribution in [-0.2, 0) is 4.79 Å². The fourth-order valence-electron chi connectivity index (χ4n) is 2.19. The van der Waals surface area contributed by atoms with E-state index in [1.54, 1.807) is 0 Å². The fourth-order valence-corrected chi connectivity index (χ4v) is 2.32. The number of carboxylic acid groups (broad SMARTS) is 1. The minimum absolute atomic E-state index is 0.261. The van der Waals surface area contributed by atoms with Crippen molar-refractivity contribution in [2.45, 2.75) is 38.6 Å². The van der Waals surface area contributed by atoms with Crippen molar-refractivity contribution < 1.29 is 9.90 Å². The van der Waals surface area contributed by atoms with E-state index >= 15 is 0 Å². The van der Waals surface area contributed by atoms with Crippen LogP contribution in [0.5, 0.6) is 0 Å². The molecule has 3 atom stereocenters. The molecule has 1 aromatic carbocycles. The second-order valence-electron chi connectivity index (χ2n) is 4.69. The molecule has 0 aliphatic rings. The maximum Gasteiger partial charge on any atom is 0.320 e. The summed E-state index contributed by atoms with van der Waals surface area (Å²) in [6.45, 7) is 4.16. The first-order valence-electron chi connectivity index (χ1n) is 6.19. The molecular formula is C14H20ClNO2. The van der Waals surface area contributed by atoms with Crippen LogP contribution >= 0.6 is 11.6 Å². The summed E-state index contributed by atoms with van der Waals surface area (Å²) in [5, 5.41) is 9.58. The zero-order chi connectivity index (χ0) is 13.7. The Kier molecular flexibility index (Phi) is 5.63. The molecule has 0 heterocycles. The lowest BCUT2D eigenvalue weighted by Crippen LogP contribution is -2.33. The number of rotatable bonds is 6. The Morgan fingerprint density at radius 2 is 1.94 bits per heavy atom. The van der Waals surface area contributed by atoms with Gasteiger partial charge in [0.2, 0.25) is 0 Å². The highest BCUT2D eigenvalue weighted by atomic mass is 35.5. The molecule has 0 aromatic heterocycles. The molecule has 0 saturated heterocycles. The van der Waals surface area contributed by atoms with Crippen molar-refractivity contribution in [3.8, 4) is 0 Å². The van der Waals surface area contributed by atoms with Gasteiger partial charge in [-0.3, -0.25) is 4.79 Å². The number of nitrogens with two attached hydrogens (primary N) is 1. The lowest BCUT2D eigenvalue weighted by molar-refractivity contribution is -0.139. The Morgan fingerprint density at radius 3 is 2.39 bits per heavy atom. The molecule has 0 radical (unpaired) electrons. The van der Waals surface area contributed by atoms with Crippen LogP contribution in [0.25, 0.3) is 0 Å². The van der Waals surface area contributed by atoms with E-state index in [0.29, 0.717) is 11.4 Å². The quantitative estimate of drug-likeness (QED) is 0.833. The van der Waals surface area contributed by atoms with Crippen LogP contribution in [0.3, 0.4) is 0 Å². The molecule has 18 heavy (non-hydrogen) atoms. The zero-order valence-electron chi connectivity index (χ0n) is 10.8. The summed E-state index contributed by atoms with van der Waals surface area (Å²) in [4.78, 5) is 10.8. The molecule has 1 aromatic rings. The Labute approximate surface area is 113 Å². The van der Waals surface area contributed by atoms with E-state index in [1.165, 1.54) is 5.56 Å². The molecule has 0 aliphatic carbocycles. The molecule has 3 unspecified atom stereocenters. The molecule has 0 saturated carbocycles. The number of benzene rings is 1. The molecule has 100 valence electrons. The van der Waals surface area contributed by atoms with Gasteiger partial charge >= 0.3 is 5.97 Å². The van der Waals surface area contributed by atoms with E-state index in [4.69, 9.17) is 22.4 Å². The van der Waals surface area contributed by atoms with E-state index in [1.807, 2.05) is 24.3 Å². The van der Waals surface area contributed by atoms with Crippen LogP contribution in [-0.4, -0.2) is 17.1 Å². The molecule has 0 spiro atoms. The van der Waals surface area contributed by atoms with Gasteiger partial charge in [0, 0.05) is 5.02 Å². The smallest absolute Gasteiger partial charge is 0.320 e. The second-order valence-corrected chi connectivity index (χ2v) is 5.13. The van der Waals surface area contributed by atoms with Crippen molar-refractivity contribution in [2.24, 2.45) is 11.7 Å². The van der Waals surface area contributed by atoms with Gasteiger partial charge in [-0.25, -0.2) is 0 Å². The highest BCUT2D eigenvalue weighted by Crippen LogP contribution is 2.30. The van der Waals surface area contributed by atoms with Crippen LogP contribution in [0.1, 0.15) is 38.2 Å². The van der Waals surface area contributed by atoms with E-state index in [-0.39, 0.29) is 11.8 Å². The lowest BCUT2D eigenvalue weighted by Gasteiger charge is -2.24. The molecule has 0 aliphatic heterocycles. The number of hydrogen-bond donors (Lipinski definition) is 2. The largest absolute Gasteiger partial charge is 0.480 e. The molecule has 4 heteroatoms. The summed E-state index contributed by atoms with van der Waals surface area (Å²) in [6.07, 6.45) is 1.40. The van der Waals surface area contributed by atoms with Gasteiger partial charge in [-0.05, 0) is 36.0 Å². The normalized spacial score (nSPS) is 16.0. The molecule has 3 nitrogen and oxygen atoms in total. The predicted octanol–water partition coefficient (Wildman–Crippen LogP) is 3.27. The molecule has 0 amide bonds. The summed E-state index contributed by atoms with van der Waals surface area (Å²) < 4.78 is 0. The monoisotopic (exact) mass is 269 g/mol. The van der Waals surface area contributed by atoms with Crippen molar-refractivity contribution in [2.75, 3.05) is 0 Å². The third kappa shape index (κ3) is 4.00. The van der Waals surface area contributed by atoms with Crippen LogP contribution in [0.4, 0.5) is 0 Å². The third-order valence-electron chi connectivity index (χ3n) is 3.50. The van der Waals surface area contributed by atoms with Gasteiger partial charge in [0.25, 0.3) is 0 Å². The Bertz CT molecular complexity index is 391. The SMILES string of the molecule is CCC(CC(N)C(=O)O)C(C)c1ccc(Cl)cc1. The zero-order valence-corrected chi connectivity index (χ0v) is 11.5. The second kappa shape index (κ2) is 6.76. The Hall–Kier alpha value is -1.06. The summed E-state index contributed by atoms with van der Waals surface area (Å²) >= 11 is 5.86. The average molecular weight is 270 g/mol. The Balaban J connectivity index is 2.75. The molecule has 0 bridgehead atoms. The highest BCUT2D eigenvalue weighted by Gasteiger charge is 2.23. The minimum atomic E-state index is -0.934. The van der Waals surface area contributed by atoms with Crippen molar-refractivity contribution >= 4 is 17.6 Å². The van der Waals surface area contributed by atoms with E-state index < -0.39 is 12.0 Å². The van der Waals surface area contributed by atoms with E-state index in [9.17, 15) is 4.79 Å². The van der Waals surface area contributed by atoms with Gasteiger partial charge in [-0.1, -0.05) is 44.0 Å². The molecular weight excluding hydrogens is 250 g/mol. The Morgan fingerprint density at radius 1 is 1.39 bits per heavy atom. The van der Waals surface area contributed by atoms with Gasteiger partial charge in [-0.15, -0.1) is 0 Å². The summed E-state index contributed by atoms with van der Waals surface area (Å²) in [5.41, 5.74) is 6.78. The predicted molar refractivity (Wildman–Crippen MR) is 73.9 cm³/mol. The summed E-state index contributed by atoms with van der Waals surface area (Å²) in [5.74, 6) is -0.397. The maximum atomic E-state index is 10.8. The minimum Gasteiger partial charge on any atom is -0.480 e. The van der Waals surface area contributed by atoms with Crippen molar-refractivity contribution in [1.82, 2.24) is 0 Å². The number of aliphatic carboxylic acids is 1. The molecule has 1 rings (SSSR count). The number of carbonyl (C=O) groups is 1. The number of halogens is 1. The van der Waals surface area contributed by atoms with Gasteiger partial charge in [0.15, 0.2) is 0 Å². The van der Waals surface area contributed by atoms with E-state index in [2.05, 4.69) is 13.8 Å². The van der Waals surface area contributed by atoms with Crippen molar-refractivity contribution in [3.05, 3.63) is 34.9 Å². The summed E-state index contributed by atoms with van der Waals surface area (Å²) in [6, 6.07) is 6.91. The standard InChI is InChI=1S/C14H20ClNO2/c1-3-10(8-13(16)14(17)18)9(2)11-4-6-12(15)7-5-11/h4-7,9-10,13H,3,8,16H2,1-2H3,(H,17,18). The first kappa shape index (κ1) is 15.0. The van der Waals surface area contributed by atoms with Crippen LogP contribution < -0.4 is 5.73 Å². The van der Waals surface area contributed by atoms with Gasteiger partial charge in [0.1, 0.15) is 6.04 Å². The summed E-state index contributed by atoms with van der Waals surface area (Å²) in [7, 11) is 0. The highest BCUT2D eigenvalue weighted by molar-refractivity contribution is 6.30. The first-order chi connectivity index (χ1) is 8.45. The van der Waals surface area contributed by atoms with Gasteiger partial charge in [0.05, 0.1) is 0 Å². The topological polar surface area (TPSA) is 63.3 Å². The third-order valence-corrected chi connectivity index (χ3v) is 3.75. The number of hydrogen-bond acceptors (Lipinski definition) is 2. The van der Waals surface area contributed by atoms with E-state index in [0.717, 1.165) is 6.42 Å². The average Bonchev–Trinajstić information content (AvgIpc) is 2.35. The van der Waals surface area contributed by atoms with Gasteiger partial charge < -0.3 is 10.8 Å². The first-order valence-corrected chi connectivity index (χ1v) is 6.57. The van der Waals surface area contributed by atoms with Crippen LogP contribution in [0.2, 0.25) is 5.02 Å². The van der Waals surface area contributed by atoms with Crippen LogP contribution in [0, 0.1) is 5.92 Å². The van der Waals surface area contributed by atoms with Crippen molar-refractivity contribution in [1.29, 1.82) is 0 Å².